The lowest BCUT2D eigenvalue weighted by Crippen LogP contribution is -2.55. The number of nitrogens with zero attached hydrogens (tertiary/aromatic N) is 3. The van der Waals surface area contributed by atoms with E-state index in [9.17, 15) is 12.8 Å². The van der Waals surface area contributed by atoms with Gasteiger partial charge in [-0.15, -0.1) is 0 Å². The van der Waals surface area contributed by atoms with Crippen molar-refractivity contribution >= 4 is 16.2 Å². The molecule has 5 rings (SSSR count). The molecule has 5 atom stereocenters. The molecular formula is C31H52FN5O3S. The van der Waals surface area contributed by atoms with Crippen LogP contribution in [-0.4, -0.2) is 73.3 Å². The molecule has 1 aliphatic heterocycles. The highest BCUT2D eigenvalue weighted by Crippen LogP contribution is 2.53. The average Bonchev–Trinajstić information content (AvgIpc) is 3.64. The third-order valence-electron chi connectivity index (χ3n) is 10.9. The van der Waals surface area contributed by atoms with Crippen molar-refractivity contribution in [1.29, 1.82) is 5.41 Å². The summed E-state index contributed by atoms with van der Waals surface area (Å²) in [6, 6.07) is 0.424. The number of ether oxygens (including phenoxy) is 1. The Labute approximate surface area is 246 Å². The van der Waals surface area contributed by atoms with Gasteiger partial charge in [0.15, 0.2) is 0 Å². The molecule has 1 saturated heterocycles. The van der Waals surface area contributed by atoms with E-state index in [0.29, 0.717) is 44.4 Å². The molecule has 1 aromatic rings. The zero-order chi connectivity index (χ0) is 29.0. The molecule has 0 bridgehead atoms. The Morgan fingerprint density at radius 3 is 2.61 bits per heavy atom. The molecule has 0 radical (unpaired) electrons. The number of aryl methyl sites for hydroxylation is 1. The van der Waals surface area contributed by atoms with Gasteiger partial charge in [0.1, 0.15) is 11.1 Å². The van der Waals surface area contributed by atoms with Crippen molar-refractivity contribution in [1.82, 2.24) is 19.4 Å². The Morgan fingerprint density at radius 1 is 1.17 bits per heavy atom. The van der Waals surface area contributed by atoms with E-state index in [0.717, 1.165) is 44.9 Å². The van der Waals surface area contributed by atoms with Gasteiger partial charge in [0, 0.05) is 50.9 Å². The zero-order valence-electron chi connectivity index (χ0n) is 25.1. The minimum absolute atomic E-state index is 0.000219. The van der Waals surface area contributed by atoms with Crippen LogP contribution in [0.3, 0.4) is 0 Å². The van der Waals surface area contributed by atoms with Crippen LogP contribution >= 0.6 is 0 Å². The molecule has 4 aliphatic rings. The van der Waals surface area contributed by atoms with E-state index in [2.05, 4.69) is 17.3 Å². The summed E-state index contributed by atoms with van der Waals surface area (Å²) >= 11 is 0. The summed E-state index contributed by atoms with van der Waals surface area (Å²) in [5, 5.41) is 16.5. The monoisotopic (exact) mass is 593 g/mol. The van der Waals surface area contributed by atoms with Crippen molar-refractivity contribution in [3.8, 4) is 0 Å². The summed E-state index contributed by atoms with van der Waals surface area (Å²) in [7, 11) is -1.84. The topological polar surface area (TPSA) is 100 Å². The minimum Gasteiger partial charge on any atom is -0.381 e. The lowest BCUT2D eigenvalue weighted by Gasteiger charge is -2.50. The van der Waals surface area contributed by atoms with Gasteiger partial charge in [0.05, 0.1) is 12.3 Å². The van der Waals surface area contributed by atoms with Crippen molar-refractivity contribution < 1.29 is 17.5 Å². The van der Waals surface area contributed by atoms with Gasteiger partial charge in [-0.1, -0.05) is 39.0 Å². The Kier molecular flexibility index (Phi) is 10.2. The highest BCUT2D eigenvalue weighted by Gasteiger charge is 2.54. The van der Waals surface area contributed by atoms with Crippen LogP contribution in [0.25, 0.3) is 0 Å². The van der Waals surface area contributed by atoms with Crippen LogP contribution in [0.5, 0.6) is 0 Å². The summed E-state index contributed by atoms with van der Waals surface area (Å²) in [5.41, 5.74) is -0.173. The molecule has 0 aromatic carbocycles. The second-order valence-corrected chi connectivity index (χ2v) is 15.4. The van der Waals surface area contributed by atoms with Crippen LogP contribution < -0.4 is 5.32 Å². The minimum atomic E-state index is -3.64. The zero-order valence-corrected chi connectivity index (χ0v) is 26.0. The fourth-order valence-electron chi connectivity index (χ4n) is 8.63. The fraction of sp³-hybridized carbons (Fsp3) is 0.871. The van der Waals surface area contributed by atoms with E-state index < -0.39 is 16.2 Å². The van der Waals surface area contributed by atoms with Gasteiger partial charge in [-0.3, -0.25) is 4.68 Å². The van der Waals surface area contributed by atoms with Gasteiger partial charge < -0.3 is 15.5 Å². The number of hydrogen-bond acceptors (Lipinski definition) is 6. The van der Waals surface area contributed by atoms with E-state index >= 15 is 0 Å². The van der Waals surface area contributed by atoms with Crippen LogP contribution in [0.1, 0.15) is 96.8 Å². The van der Waals surface area contributed by atoms with Crippen LogP contribution in [0.15, 0.2) is 17.3 Å². The quantitative estimate of drug-likeness (QED) is 0.327. The number of methoxy groups -OCH3 is 1. The van der Waals surface area contributed by atoms with Crippen molar-refractivity contribution in [3.63, 3.8) is 0 Å². The second kappa shape index (κ2) is 13.5. The number of rotatable bonds is 11. The standard InChI is InChI=1S/C31H52FN5O3S/c1-3-14-36-21-27(20-34-36)41(38,39)37-15-13-31(22-37,18-23-7-5-4-6-8-23)28-16-24(19-33)29(17-30(28)40-2)35-26-11-9-25(32)10-12-26/h19-21,23-26,28-30,33,35H,3-18,22H2,1-2H3. The number of hydrogen-bond donors (Lipinski definition) is 2. The molecule has 2 N–H and O–H groups in total. The molecule has 232 valence electrons. The summed E-state index contributed by atoms with van der Waals surface area (Å²) < 4.78 is 51.2. The van der Waals surface area contributed by atoms with E-state index in [-0.39, 0.29) is 34.3 Å². The first-order valence-electron chi connectivity index (χ1n) is 16.2. The lowest BCUT2D eigenvalue weighted by atomic mass is 9.59. The normalized spacial score (nSPS) is 36.0. The van der Waals surface area contributed by atoms with Crippen molar-refractivity contribution in [2.45, 2.75) is 133 Å². The van der Waals surface area contributed by atoms with E-state index in [1.807, 2.05) is 0 Å². The Morgan fingerprint density at radius 2 is 1.93 bits per heavy atom. The van der Waals surface area contributed by atoms with Gasteiger partial charge in [0.25, 0.3) is 0 Å². The molecule has 41 heavy (non-hydrogen) atoms. The Bertz CT molecular complexity index is 1100. The third kappa shape index (κ3) is 6.91. The molecule has 3 aliphatic carbocycles. The van der Waals surface area contributed by atoms with Crippen molar-refractivity contribution in [2.24, 2.45) is 23.2 Å². The van der Waals surface area contributed by atoms with Gasteiger partial charge >= 0.3 is 0 Å². The maximum absolute atomic E-state index is 13.9. The van der Waals surface area contributed by atoms with Gasteiger partial charge in [0.2, 0.25) is 10.0 Å². The Hall–Kier alpha value is -1.36. The molecule has 1 aromatic heterocycles. The van der Waals surface area contributed by atoms with Crippen molar-refractivity contribution in [3.05, 3.63) is 12.4 Å². The maximum Gasteiger partial charge on any atom is 0.246 e. The largest absolute Gasteiger partial charge is 0.381 e. The SMILES string of the molecule is CCCn1cc(S(=O)(=O)N2CCC(CC3CCCCC3)(C3CC(C=N)C(NC4CCC(F)CC4)CC3OC)C2)cn1. The maximum atomic E-state index is 13.9. The Balaban J connectivity index is 1.38. The first-order chi connectivity index (χ1) is 19.8. The van der Waals surface area contributed by atoms with E-state index in [1.54, 1.807) is 28.5 Å². The third-order valence-corrected chi connectivity index (χ3v) is 12.7. The second-order valence-electron chi connectivity index (χ2n) is 13.5. The smallest absolute Gasteiger partial charge is 0.246 e. The molecule has 8 nitrogen and oxygen atoms in total. The van der Waals surface area contributed by atoms with E-state index in [1.165, 1.54) is 38.3 Å². The first kappa shape index (κ1) is 31.1. The summed E-state index contributed by atoms with van der Waals surface area (Å²) in [6.07, 6.45) is 17.7. The van der Waals surface area contributed by atoms with Gasteiger partial charge in [-0.05, 0) is 81.3 Å². The summed E-state index contributed by atoms with van der Waals surface area (Å²) in [5.74, 6) is 0.862. The predicted octanol–water partition coefficient (Wildman–Crippen LogP) is 5.57. The highest BCUT2D eigenvalue weighted by molar-refractivity contribution is 7.89. The fourth-order valence-corrected chi connectivity index (χ4v) is 10.1. The van der Waals surface area contributed by atoms with Crippen LogP contribution in [0, 0.1) is 28.6 Å². The molecule has 4 fully saturated rings. The number of alkyl halides is 1. The predicted molar refractivity (Wildman–Crippen MR) is 159 cm³/mol. The molecule has 0 amide bonds. The average molecular weight is 594 g/mol. The molecule has 2 heterocycles. The van der Waals surface area contributed by atoms with Crippen LogP contribution in [0.2, 0.25) is 0 Å². The van der Waals surface area contributed by atoms with E-state index in [4.69, 9.17) is 10.1 Å². The summed E-state index contributed by atoms with van der Waals surface area (Å²) in [6.45, 7) is 3.79. The number of aromatic nitrogens is 2. The van der Waals surface area contributed by atoms with Crippen molar-refractivity contribution in [2.75, 3.05) is 20.2 Å². The molecule has 3 saturated carbocycles. The van der Waals surface area contributed by atoms with Crippen LogP contribution in [0.4, 0.5) is 4.39 Å². The summed E-state index contributed by atoms with van der Waals surface area (Å²) in [4.78, 5) is 0.288. The van der Waals surface area contributed by atoms with Gasteiger partial charge in [-0.25, -0.2) is 12.8 Å². The number of nitrogens with one attached hydrogen (secondary N) is 2. The molecular weight excluding hydrogens is 541 g/mol. The van der Waals surface area contributed by atoms with Gasteiger partial charge in [-0.2, -0.15) is 9.40 Å². The molecule has 0 spiro atoms. The van der Waals surface area contributed by atoms with Crippen LogP contribution in [-0.2, 0) is 21.3 Å². The number of sulfonamides is 1. The first-order valence-corrected chi connectivity index (χ1v) is 17.7. The molecule has 5 unspecified atom stereocenters. The highest BCUT2D eigenvalue weighted by atomic mass is 32.2. The number of halogens is 1. The lowest BCUT2D eigenvalue weighted by molar-refractivity contribution is -0.0617. The molecule has 10 heteroatoms.